The lowest BCUT2D eigenvalue weighted by molar-refractivity contribution is -0.0503. The van der Waals surface area contributed by atoms with Gasteiger partial charge in [-0.15, -0.1) is 0 Å². The molecule has 1 fully saturated rings. The number of nitrogens with zero attached hydrogens (tertiary/aromatic N) is 4. The Kier molecular flexibility index (Phi) is 3.21. The van der Waals surface area contributed by atoms with E-state index in [1.54, 1.807) is 0 Å². The Morgan fingerprint density at radius 3 is 2.74 bits per heavy atom. The number of nitrogens with two attached hydrogens (primary N) is 1. The quantitative estimate of drug-likeness (QED) is 0.146. The summed E-state index contributed by atoms with van der Waals surface area (Å²) in [5.74, 6) is -0.824. The van der Waals surface area contributed by atoms with E-state index in [1.807, 2.05) is 0 Å². The van der Waals surface area contributed by atoms with Gasteiger partial charge >= 0.3 is 23.5 Å². The molecule has 0 radical (unpaired) electrons. The molecule has 31 heavy (non-hydrogen) atoms. The van der Waals surface area contributed by atoms with Crippen LogP contribution in [-0.2, 0) is 31.6 Å². The van der Waals surface area contributed by atoms with Gasteiger partial charge in [-0.2, -0.15) is 8.62 Å². The Balaban J connectivity index is 2.25. The molecule has 3 heterocycles. The van der Waals surface area contributed by atoms with Gasteiger partial charge in [0, 0.05) is 0 Å². The molecule has 2 aromatic heterocycles. The monoisotopic (exact) mass is 521 g/mol. The fourth-order valence-corrected chi connectivity index (χ4v) is 4.63. The minimum Gasteiger partial charge on any atom is -0.387 e. The van der Waals surface area contributed by atoms with Gasteiger partial charge in [0.25, 0.3) is 0 Å². The van der Waals surface area contributed by atoms with Gasteiger partial charge in [-0.25, -0.2) is 28.6 Å². The first kappa shape index (κ1) is 11.7. The van der Waals surface area contributed by atoms with Gasteiger partial charge in [-0.3, -0.25) is 9.09 Å². The highest BCUT2D eigenvalue weighted by Gasteiger charge is 2.47. The van der Waals surface area contributed by atoms with E-state index in [2.05, 4.69) is 48.1 Å². The molecule has 7 atom stereocenters. The maximum absolute atomic E-state index is 12.8. The molecule has 8 N–H and O–H groups in total. The van der Waals surface area contributed by atoms with E-state index >= 15 is 0 Å². The Morgan fingerprint density at radius 2 is 2.06 bits per heavy atom. The number of imidazole rings is 1. The highest BCUT2D eigenvalue weighted by molar-refractivity contribution is 7.66. The molecule has 0 aliphatic carbocycles. The van der Waals surface area contributed by atoms with Crippen LogP contribution in [0.15, 0.2) is 12.6 Å². The van der Waals surface area contributed by atoms with Crippen molar-refractivity contribution in [3.8, 4) is 0 Å². The number of nitrogen functional groups attached to an aromatic ring is 1. The molecule has 0 bridgehead atoms. The Morgan fingerprint density at radius 1 is 1.26 bits per heavy atom. The molecule has 0 aromatic carbocycles. The molecule has 21 heteroatoms. The number of phosphoric ester groups is 1. The number of hydrogen-bond donors (Lipinski definition) is 7. The molecule has 1 aliphatic rings. The summed E-state index contributed by atoms with van der Waals surface area (Å²) < 4.78 is 162. The number of phosphoric acid groups is 3. The average molecular weight is 521 g/mol. The highest BCUT2D eigenvalue weighted by Crippen LogP contribution is 2.66. The first-order valence-corrected chi connectivity index (χ1v) is 11.4. The maximum atomic E-state index is 12.8. The molecule has 1 aliphatic heterocycles. The SMILES string of the molecule is [2H]OC1([2H])[C@]([2H])(n2c([2H])nc3c(N([2H])[2H])nc([2H])nc32)O[C@]([2H])(C([2H])([2H])OP(=O)(O[2H])OP(=O)(O)OP(=O)(O)O[2H])[C@@]1([2H])O[2H]. The van der Waals surface area contributed by atoms with Gasteiger partial charge in [0.2, 0.25) is 5.72 Å². The zero-order valence-electron chi connectivity index (χ0n) is 28.0. The third-order valence-electron chi connectivity index (χ3n) is 2.88. The number of fused-ring (bicyclic) bond motifs is 1. The van der Waals surface area contributed by atoms with Crippen molar-refractivity contribution in [3.05, 3.63) is 12.6 Å². The predicted octanol–water partition coefficient (Wildman–Crippen LogP) is -1.63. The first-order valence-electron chi connectivity index (χ1n) is 13.5. The largest absolute Gasteiger partial charge is 0.490 e. The Bertz CT molecular complexity index is 1630. The van der Waals surface area contributed by atoms with Crippen molar-refractivity contribution in [1.82, 2.24) is 19.5 Å². The third-order valence-corrected chi connectivity index (χ3v) is 6.47. The van der Waals surface area contributed by atoms with E-state index in [-0.39, 0.29) is 10.3 Å². The van der Waals surface area contributed by atoms with Crippen molar-refractivity contribution in [3.63, 3.8) is 0 Å². The van der Waals surface area contributed by atoms with Gasteiger partial charge in [-0.1, -0.05) is 0 Å². The second kappa shape index (κ2) is 8.53. The minimum atomic E-state index is -6.38. The molecule has 4 unspecified atom stereocenters. The fourth-order valence-electron chi connectivity index (χ4n) is 1.86. The Labute approximate surface area is 191 Å². The number of hydrogen-bond acceptors (Lipinski definition) is 15. The lowest BCUT2D eigenvalue weighted by Crippen LogP contribution is -2.33. The predicted molar refractivity (Wildman–Crippen MR) is 95.5 cm³/mol. The van der Waals surface area contributed by atoms with Crippen LogP contribution in [0.4, 0.5) is 5.82 Å². The normalized spacial score (nSPS) is 46.1. The summed E-state index contributed by atoms with van der Waals surface area (Å²) in [5, 5.41) is 8.12. The van der Waals surface area contributed by atoms with E-state index < -0.39 is 84.1 Å². The number of anilines is 1. The number of aromatic nitrogens is 4. The third kappa shape index (κ3) is 5.71. The van der Waals surface area contributed by atoms with Crippen LogP contribution < -0.4 is 5.72 Å². The smallest absolute Gasteiger partial charge is 0.387 e. The van der Waals surface area contributed by atoms with Crippen molar-refractivity contribution in [2.24, 2.45) is 0 Å². The molecule has 0 saturated carbocycles. The number of aliphatic hydroxyl groups is 2. The fraction of sp³-hybridized carbons (Fsp3) is 0.500. The lowest BCUT2D eigenvalue weighted by Gasteiger charge is -2.19. The summed E-state index contributed by atoms with van der Waals surface area (Å²) in [6.45, 7) is -4.56. The van der Waals surface area contributed by atoms with Crippen LogP contribution in [0.25, 0.3) is 11.2 Å². The summed E-state index contributed by atoms with van der Waals surface area (Å²) in [5.41, 5.74) is -1.94. The van der Waals surface area contributed by atoms with Crippen LogP contribution in [0.5, 0.6) is 0 Å². The molecule has 0 spiro atoms. The maximum Gasteiger partial charge on any atom is 0.490 e. The van der Waals surface area contributed by atoms with E-state index in [4.69, 9.17) is 29.1 Å². The van der Waals surface area contributed by atoms with Crippen LogP contribution in [0, 0.1) is 0 Å². The van der Waals surface area contributed by atoms with Crippen LogP contribution in [0.2, 0.25) is 2.82 Å². The van der Waals surface area contributed by atoms with Crippen molar-refractivity contribution in [2.75, 3.05) is 12.3 Å². The molecule has 3 rings (SSSR count). The van der Waals surface area contributed by atoms with Crippen molar-refractivity contribution in [2.45, 2.75) is 24.4 Å². The summed E-state index contributed by atoms with van der Waals surface area (Å²) >= 11 is 0. The van der Waals surface area contributed by atoms with Crippen molar-refractivity contribution in [1.29, 1.82) is 5.72 Å². The summed E-state index contributed by atoms with van der Waals surface area (Å²) in [6, 6.07) is 0. The summed E-state index contributed by atoms with van der Waals surface area (Å²) in [7, 11) is -18.5. The van der Waals surface area contributed by atoms with Gasteiger partial charge in [0.1, 0.15) is 32.8 Å². The zero-order valence-corrected chi connectivity index (χ0v) is 16.6. The molecule has 18 nitrogen and oxygen atoms in total. The second-order valence-electron chi connectivity index (χ2n) is 5.00. The summed E-state index contributed by atoms with van der Waals surface area (Å²) in [6.07, 6.45) is -19.1. The molecule has 174 valence electrons. The average Bonchev–Trinajstić information content (AvgIpc) is 3.31. The van der Waals surface area contributed by atoms with Crippen LogP contribution in [-0.4, -0.2) is 79.8 Å². The van der Waals surface area contributed by atoms with Crippen molar-refractivity contribution >= 4 is 40.4 Å². The second-order valence-corrected chi connectivity index (χ2v) is 9.26. The lowest BCUT2D eigenvalue weighted by atomic mass is 10.1. The van der Waals surface area contributed by atoms with E-state index in [0.29, 0.717) is 0 Å². The van der Waals surface area contributed by atoms with E-state index in [1.165, 1.54) is 0 Å². The molecule has 1 saturated heterocycles. The topological polar surface area (TPSA) is 279 Å². The number of rotatable bonds is 13. The van der Waals surface area contributed by atoms with E-state index in [9.17, 15) is 18.6 Å². The number of ether oxygens (including phenoxy) is 1. The van der Waals surface area contributed by atoms with E-state index in [0.717, 1.165) is 0 Å². The molecular weight excluding hydrogens is 491 g/mol. The minimum absolute atomic E-state index is 0.0439. The standard InChI is InChI=1S/C10H16N5O13P3/c11-8-5-9(13-2-12-8)15(3-14-5)10-7(17)6(16)4(26-10)1-25-30(21,22)28-31(23,24)27-29(18,19)20/h2-4,6-7,10,16-17H,1H2,(H,21,22)(H,23,24)(H2,11,12,13)(H2,18,19,20)/t4-,6-,7?,10-/m1/s1/i1D2,2D,3D,4D,6D,7D,10D,16D,17D/hD4. The summed E-state index contributed by atoms with van der Waals surface area (Å²) in [4.78, 5) is 35.7. The van der Waals surface area contributed by atoms with Crippen LogP contribution >= 0.6 is 23.5 Å². The van der Waals surface area contributed by atoms with Gasteiger partial charge in [0.15, 0.2) is 20.5 Å². The zero-order chi connectivity index (χ0) is 34.8. The van der Waals surface area contributed by atoms with Crippen LogP contribution in [0.3, 0.4) is 0 Å². The first-order chi connectivity index (χ1) is 20.3. The Hall–Kier alpha value is -1.36. The highest BCUT2D eigenvalue weighted by atomic mass is 31.3. The van der Waals surface area contributed by atoms with Crippen molar-refractivity contribution < 1.29 is 75.2 Å². The van der Waals surface area contributed by atoms with Gasteiger partial charge in [0.05, 0.1) is 21.1 Å². The van der Waals surface area contributed by atoms with Gasteiger partial charge in [-0.05, 0) is 0 Å². The molecule has 2 aromatic rings. The molecular formula is C10H16N5O13P3. The van der Waals surface area contributed by atoms with Crippen LogP contribution in [0.1, 0.15) is 17.2 Å². The van der Waals surface area contributed by atoms with Gasteiger partial charge < -0.3 is 40.3 Å². The molecule has 0 amide bonds.